The Bertz CT molecular complexity index is 752. The van der Waals surface area contributed by atoms with Crippen LogP contribution in [0, 0.1) is 0 Å². The first-order chi connectivity index (χ1) is 10.0. The molecule has 2 heteroatoms. The van der Waals surface area contributed by atoms with Gasteiger partial charge in [0, 0.05) is 29.2 Å². The van der Waals surface area contributed by atoms with Gasteiger partial charge in [0.15, 0.2) is 0 Å². The number of benzene rings is 2. The third-order valence-corrected chi connectivity index (χ3v) is 3.68. The average Bonchev–Trinajstić information content (AvgIpc) is 2.47. The molecule has 0 saturated heterocycles. The van der Waals surface area contributed by atoms with E-state index in [2.05, 4.69) is 73.5 Å². The van der Waals surface area contributed by atoms with Crippen molar-refractivity contribution >= 4 is 22.1 Å². The van der Waals surface area contributed by atoms with Crippen molar-refractivity contribution < 1.29 is 0 Å². The summed E-state index contributed by atoms with van der Waals surface area (Å²) in [6.45, 7) is 6.69. The topological polar surface area (TPSA) is 24.9 Å². The highest BCUT2D eigenvalue weighted by molar-refractivity contribution is 5.85. The van der Waals surface area contributed by atoms with Gasteiger partial charge in [0.1, 0.15) is 0 Å². The molecule has 0 radical (unpaired) electrons. The summed E-state index contributed by atoms with van der Waals surface area (Å²) in [6, 6.07) is 17.0. The van der Waals surface area contributed by atoms with Gasteiger partial charge in [0.05, 0.1) is 0 Å². The van der Waals surface area contributed by atoms with Gasteiger partial charge < -0.3 is 5.32 Å². The van der Waals surface area contributed by atoms with E-state index in [0.717, 1.165) is 16.8 Å². The SMILES string of the molecule is CC(C)(C)c1ccc(Nc2ccc3cnccc3c2)cc1. The summed E-state index contributed by atoms with van der Waals surface area (Å²) in [4.78, 5) is 4.14. The Morgan fingerprint density at radius 2 is 1.52 bits per heavy atom. The second-order valence-electron chi connectivity index (χ2n) is 6.39. The number of fused-ring (bicyclic) bond motifs is 1. The first kappa shape index (κ1) is 13.6. The van der Waals surface area contributed by atoms with Gasteiger partial charge in [-0.05, 0) is 46.7 Å². The minimum atomic E-state index is 0.189. The fourth-order valence-electron chi connectivity index (χ4n) is 2.38. The minimum absolute atomic E-state index is 0.189. The maximum atomic E-state index is 4.14. The molecule has 0 atom stereocenters. The molecule has 0 amide bonds. The van der Waals surface area contributed by atoms with E-state index in [9.17, 15) is 0 Å². The number of aromatic nitrogens is 1. The Morgan fingerprint density at radius 1 is 0.810 bits per heavy atom. The molecule has 2 aromatic carbocycles. The third kappa shape index (κ3) is 3.05. The molecule has 0 unspecified atom stereocenters. The van der Waals surface area contributed by atoms with E-state index in [-0.39, 0.29) is 5.41 Å². The normalized spacial score (nSPS) is 11.6. The predicted octanol–water partition coefficient (Wildman–Crippen LogP) is 5.28. The predicted molar refractivity (Wildman–Crippen MR) is 90.2 cm³/mol. The summed E-state index contributed by atoms with van der Waals surface area (Å²) >= 11 is 0. The van der Waals surface area contributed by atoms with Crippen LogP contribution in [0.2, 0.25) is 0 Å². The van der Waals surface area contributed by atoms with Crippen molar-refractivity contribution in [3.05, 3.63) is 66.5 Å². The highest BCUT2D eigenvalue weighted by Crippen LogP contribution is 2.26. The molecule has 0 bridgehead atoms. The Morgan fingerprint density at radius 3 is 2.24 bits per heavy atom. The van der Waals surface area contributed by atoms with Gasteiger partial charge in [-0.3, -0.25) is 4.98 Å². The molecule has 0 aliphatic carbocycles. The van der Waals surface area contributed by atoms with E-state index in [1.54, 1.807) is 0 Å². The van der Waals surface area contributed by atoms with Gasteiger partial charge in [-0.2, -0.15) is 0 Å². The second kappa shape index (κ2) is 5.21. The molecule has 0 saturated carbocycles. The smallest absolute Gasteiger partial charge is 0.0390 e. The Hall–Kier alpha value is -2.35. The highest BCUT2D eigenvalue weighted by atomic mass is 14.9. The van der Waals surface area contributed by atoms with E-state index in [1.807, 2.05) is 18.5 Å². The minimum Gasteiger partial charge on any atom is -0.356 e. The van der Waals surface area contributed by atoms with E-state index in [0.29, 0.717) is 0 Å². The number of nitrogens with zero attached hydrogens (tertiary/aromatic N) is 1. The fourth-order valence-corrected chi connectivity index (χ4v) is 2.38. The molecule has 3 aromatic rings. The Kier molecular flexibility index (Phi) is 3.38. The number of anilines is 2. The van der Waals surface area contributed by atoms with Crippen LogP contribution >= 0.6 is 0 Å². The molecule has 1 heterocycles. The lowest BCUT2D eigenvalue weighted by Gasteiger charge is -2.19. The van der Waals surface area contributed by atoms with E-state index in [4.69, 9.17) is 0 Å². The van der Waals surface area contributed by atoms with E-state index >= 15 is 0 Å². The molecule has 21 heavy (non-hydrogen) atoms. The lowest BCUT2D eigenvalue weighted by molar-refractivity contribution is 0.590. The van der Waals surface area contributed by atoms with Gasteiger partial charge in [-0.1, -0.05) is 39.0 Å². The molecule has 1 N–H and O–H groups in total. The van der Waals surface area contributed by atoms with Crippen molar-refractivity contribution in [2.24, 2.45) is 0 Å². The molecule has 2 nitrogen and oxygen atoms in total. The second-order valence-corrected chi connectivity index (χ2v) is 6.39. The summed E-state index contributed by atoms with van der Waals surface area (Å²) in [5.41, 5.74) is 3.74. The first-order valence-corrected chi connectivity index (χ1v) is 7.24. The summed E-state index contributed by atoms with van der Waals surface area (Å²) < 4.78 is 0. The van der Waals surface area contributed by atoms with Crippen molar-refractivity contribution in [3.63, 3.8) is 0 Å². The zero-order valence-corrected chi connectivity index (χ0v) is 12.7. The molecular formula is C19H20N2. The highest BCUT2D eigenvalue weighted by Gasteiger charge is 2.12. The van der Waals surface area contributed by atoms with Crippen LogP contribution in [0.25, 0.3) is 10.8 Å². The molecular weight excluding hydrogens is 256 g/mol. The number of rotatable bonds is 2. The van der Waals surface area contributed by atoms with Crippen LogP contribution in [0.3, 0.4) is 0 Å². The first-order valence-electron chi connectivity index (χ1n) is 7.24. The van der Waals surface area contributed by atoms with Crippen LogP contribution in [-0.2, 0) is 5.41 Å². The molecule has 0 fully saturated rings. The van der Waals surface area contributed by atoms with Gasteiger partial charge in [0.25, 0.3) is 0 Å². The Balaban J connectivity index is 1.84. The summed E-state index contributed by atoms with van der Waals surface area (Å²) in [7, 11) is 0. The van der Waals surface area contributed by atoms with Crippen LogP contribution in [0.15, 0.2) is 60.9 Å². The third-order valence-electron chi connectivity index (χ3n) is 3.68. The molecule has 0 aliphatic rings. The number of nitrogens with one attached hydrogen (secondary N) is 1. The maximum absolute atomic E-state index is 4.14. The molecule has 0 spiro atoms. The maximum Gasteiger partial charge on any atom is 0.0390 e. The zero-order chi connectivity index (χ0) is 14.9. The monoisotopic (exact) mass is 276 g/mol. The number of pyridine rings is 1. The number of hydrogen-bond acceptors (Lipinski definition) is 2. The van der Waals surface area contributed by atoms with Crippen LogP contribution in [0.1, 0.15) is 26.3 Å². The van der Waals surface area contributed by atoms with Crippen molar-refractivity contribution in [2.75, 3.05) is 5.32 Å². The molecule has 3 rings (SSSR count). The quantitative estimate of drug-likeness (QED) is 0.689. The van der Waals surface area contributed by atoms with Gasteiger partial charge in [-0.15, -0.1) is 0 Å². The molecule has 0 aliphatic heterocycles. The summed E-state index contributed by atoms with van der Waals surface area (Å²) in [6.07, 6.45) is 3.71. The van der Waals surface area contributed by atoms with Crippen molar-refractivity contribution in [3.8, 4) is 0 Å². The standard InChI is InChI=1S/C19H20N2/c1-19(2,3)16-5-8-17(9-6-16)21-18-7-4-15-13-20-11-10-14(15)12-18/h4-13,21H,1-3H3. The van der Waals surface area contributed by atoms with E-state index < -0.39 is 0 Å². The largest absolute Gasteiger partial charge is 0.356 e. The van der Waals surface area contributed by atoms with Crippen LogP contribution < -0.4 is 5.32 Å². The summed E-state index contributed by atoms with van der Waals surface area (Å²) in [5.74, 6) is 0. The molecule has 1 aromatic heterocycles. The van der Waals surface area contributed by atoms with Crippen molar-refractivity contribution in [1.29, 1.82) is 0 Å². The van der Waals surface area contributed by atoms with Gasteiger partial charge >= 0.3 is 0 Å². The van der Waals surface area contributed by atoms with Crippen molar-refractivity contribution in [2.45, 2.75) is 26.2 Å². The van der Waals surface area contributed by atoms with Crippen LogP contribution in [-0.4, -0.2) is 4.98 Å². The van der Waals surface area contributed by atoms with E-state index in [1.165, 1.54) is 10.9 Å². The van der Waals surface area contributed by atoms with Gasteiger partial charge in [-0.25, -0.2) is 0 Å². The fraction of sp³-hybridized carbons (Fsp3) is 0.211. The lowest BCUT2D eigenvalue weighted by Crippen LogP contribution is -2.10. The average molecular weight is 276 g/mol. The van der Waals surface area contributed by atoms with Gasteiger partial charge in [0.2, 0.25) is 0 Å². The van der Waals surface area contributed by atoms with Crippen LogP contribution in [0.4, 0.5) is 11.4 Å². The zero-order valence-electron chi connectivity index (χ0n) is 12.7. The lowest BCUT2D eigenvalue weighted by atomic mass is 9.87. The molecule has 106 valence electrons. The van der Waals surface area contributed by atoms with Crippen LogP contribution in [0.5, 0.6) is 0 Å². The number of hydrogen-bond donors (Lipinski definition) is 1. The Labute approximate surface area is 125 Å². The summed E-state index contributed by atoms with van der Waals surface area (Å²) in [5, 5.41) is 5.81. The van der Waals surface area contributed by atoms with Crippen molar-refractivity contribution in [1.82, 2.24) is 4.98 Å².